The lowest BCUT2D eigenvalue weighted by atomic mass is 10.1. The van der Waals surface area contributed by atoms with Crippen LogP contribution in [0.25, 0.3) is 0 Å². The molecule has 0 heterocycles. The van der Waals surface area contributed by atoms with Gasteiger partial charge in [0.2, 0.25) is 5.91 Å². The Labute approximate surface area is 151 Å². The molecule has 0 saturated carbocycles. The van der Waals surface area contributed by atoms with E-state index in [9.17, 15) is 14.4 Å². The van der Waals surface area contributed by atoms with E-state index in [0.717, 1.165) is 0 Å². The Kier molecular flexibility index (Phi) is 6.91. The fraction of sp³-hybridized carbons (Fsp3) is 0.250. The highest BCUT2D eigenvalue weighted by Crippen LogP contribution is 2.15. The Bertz CT molecular complexity index is 783. The third-order valence-corrected chi connectivity index (χ3v) is 3.65. The summed E-state index contributed by atoms with van der Waals surface area (Å²) in [5.41, 5.74) is 1.89. The summed E-state index contributed by atoms with van der Waals surface area (Å²) in [6.07, 6.45) is 0.785. The van der Waals surface area contributed by atoms with Gasteiger partial charge in [-0.25, -0.2) is 0 Å². The second-order valence-electron chi connectivity index (χ2n) is 5.85. The fourth-order valence-electron chi connectivity index (χ4n) is 2.33. The summed E-state index contributed by atoms with van der Waals surface area (Å²) in [5.74, 6) is -0.455. The largest absolute Gasteiger partial charge is 0.494 e. The van der Waals surface area contributed by atoms with Crippen LogP contribution < -0.4 is 10.1 Å². The minimum atomic E-state index is -0.893. The van der Waals surface area contributed by atoms with Crippen LogP contribution in [-0.2, 0) is 16.0 Å². The molecule has 0 radical (unpaired) electrons. The zero-order valence-electron chi connectivity index (χ0n) is 14.5. The van der Waals surface area contributed by atoms with Gasteiger partial charge >= 0.3 is 5.97 Å². The van der Waals surface area contributed by atoms with E-state index in [1.54, 1.807) is 48.5 Å². The molecular formula is C20H21NO5. The number of benzene rings is 2. The van der Waals surface area contributed by atoms with Crippen molar-refractivity contribution >= 4 is 23.3 Å². The highest BCUT2D eigenvalue weighted by atomic mass is 16.5. The maximum Gasteiger partial charge on any atom is 0.307 e. The molecular weight excluding hydrogens is 334 g/mol. The summed E-state index contributed by atoms with van der Waals surface area (Å²) in [4.78, 5) is 33.9. The van der Waals surface area contributed by atoms with Gasteiger partial charge in [0.15, 0.2) is 5.78 Å². The van der Waals surface area contributed by atoms with Crippen LogP contribution in [0.2, 0.25) is 0 Å². The number of hydrogen-bond donors (Lipinski definition) is 2. The third-order valence-electron chi connectivity index (χ3n) is 3.65. The minimum Gasteiger partial charge on any atom is -0.494 e. The van der Waals surface area contributed by atoms with Crippen molar-refractivity contribution in [2.24, 2.45) is 0 Å². The zero-order valence-corrected chi connectivity index (χ0v) is 14.5. The Hall–Kier alpha value is -3.15. The molecule has 1 amide bonds. The van der Waals surface area contributed by atoms with Gasteiger partial charge in [-0.05, 0) is 43.2 Å². The Morgan fingerprint density at radius 3 is 2.46 bits per heavy atom. The first kappa shape index (κ1) is 19.2. The molecule has 2 rings (SSSR count). The maximum atomic E-state index is 11.9. The van der Waals surface area contributed by atoms with E-state index in [4.69, 9.17) is 9.84 Å². The zero-order chi connectivity index (χ0) is 18.9. The van der Waals surface area contributed by atoms with E-state index in [0.29, 0.717) is 42.0 Å². The van der Waals surface area contributed by atoms with Crippen LogP contribution in [0.15, 0.2) is 48.5 Å². The minimum absolute atomic E-state index is 0.0239. The first-order valence-corrected chi connectivity index (χ1v) is 8.28. The number of nitrogens with one attached hydrogen (secondary N) is 1. The number of aliphatic carboxylic acids is 1. The quantitative estimate of drug-likeness (QED) is 0.532. The molecule has 0 atom stereocenters. The van der Waals surface area contributed by atoms with Gasteiger partial charge in [0.05, 0.1) is 13.0 Å². The van der Waals surface area contributed by atoms with E-state index in [1.165, 1.54) is 6.92 Å². The van der Waals surface area contributed by atoms with Crippen molar-refractivity contribution < 1.29 is 24.2 Å². The smallest absolute Gasteiger partial charge is 0.307 e. The Morgan fingerprint density at radius 2 is 1.81 bits per heavy atom. The first-order chi connectivity index (χ1) is 12.4. The van der Waals surface area contributed by atoms with Crippen LogP contribution in [0.5, 0.6) is 5.75 Å². The van der Waals surface area contributed by atoms with Crippen molar-refractivity contribution in [3.8, 4) is 5.75 Å². The van der Waals surface area contributed by atoms with Crippen molar-refractivity contribution in [2.75, 3.05) is 11.9 Å². The summed E-state index contributed by atoms with van der Waals surface area (Å²) in [5, 5.41) is 11.5. The summed E-state index contributed by atoms with van der Waals surface area (Å²) < 4.78 is 5.56. The highest BCUT2D eigenvalue weighted by Gasteiger charge is 2.05. The lowest BCUT2D eigenvalue weighted by Crippen LogP contribution is -2.13. The van der Waals surface area contributed by atoms with Gasteiger partial charge in [-0.1, -0.05) is 24.3 Å². The van der Waals surface area contributed by atoms with Crippen LogP contribution in [0.4, 0.5) is 5.69 Å². The topological polar surface area (TPSA) is 92.7 Å². The number of ether oxygens (including phenoxy) is 1. The predicted molar refractivity (Wildman–Crippen MR) is 97.6 cm³/mol. The monoisotopic (exact) mass is 355 g/mol. The molecule has 0 aliphatic carbocycles. The predicted octanol–water partition coefficient (Wildman–Crippen LogP) is 3.31. The van der Waals surface area contributed by atoms with Gasteiger partial charge in [-0.3, -0.25) is 14.4 Å². The van der Waals surface area contributed by atoms with Crippen molar-refractivity contribution in [1.29, 1.82) is 0 Å². The number of anilines is 1. The van der Waals surface area contributed by atoms with E-state index in [2.05, 4.69) is 5.32 Å². The molecule has 0 unspecified atom stereocenters. The number of ketones is 1. The Morgan fingerprint density at radius 1 is 1.08 bits per heavy atom. The van der Waals surface area contributed by atoms with Crippen molar-refractivity contribution in [2.45, 2.75) is 26.2 Å². The second-order valence-corrected chi connectivity index (χ2v) is 5.85. The summed E-state index contributed by atoms with van der Waals surface area (Å²) in [6, 6.07) is 13.6. The molecule has 26 heavy (non-hydrogen) atoms. The standard InChI is InChI=1S/C20H21NO5/c1-14(22)16-4-2-5-18(13-16)26-11-3-6-19(23)21-17-9-7-15(8-10-17)12-20(24)25/h2,4-5,7-10,13H,3,6,11-12H2,1H3,(H,21,23)(H,24,25). The normalized spacial score (nSPS) is 10.2. The van der Waals surface area contributed by atoms with Crippen LogP contribution >= 0.6 is 0 Å². The molecule has 6 nitrogen and oxygen atoms in total. The van der Waals surface area contributed by atoms with Crippen LogP contribution in [0.3, 0.4) is 0 Å². The number of carboxylic acid groups (broad SMARTS) is 1. The lowest BCUT2D eigenvalue weighted by Gasteiger charge is -2.08. The van der Waals surface area contributed by atoms with E-state index < -0.39 is 5.97 Å². The van der Waals surface area contributed by atoms with Crippen molar-refractivity contribution in [3.05, 3.63) is 59.7 Å². The summed E-state index contributed by atoms with van der Waals surface area (Å²) in [7, 11) is 0. The van der Waals surface area contributed by atoms with Gasteiger partial charge in [-0.2, -0.15) is 0 Å². The average Bonchev–Trinajstić information content (AvgIpc) is 2.60. The molecule has 0 aromatic heterocycles. The number of carbonyl (C=O) groups excluding carboxylic acids is 2. The average molecular weight is 355 g/mol. The second kappa shape index (κ2) is 9.36. The fourth-order valence-corrected chi connectivity index (χ4v) is 2.33. The molecule has 0 bridgehead atoms. The molecule has 0 fully saturated rings. The maximum absolute atomic E-state index is 11.9. The van der Waals surface area contributed by atoms with Gasteiger partial charge < -0.3 is 15.2 Å². The highest BCUT2D eigenvalue weighted by molar-refractivity contribution is 5.94. The van der Waals surface area contributed by atoms with Gasteiger partial charge in [-0.15, -0.1) is 0 Å². The third kappa shape index (κ3) is 6.39. The number of Topliss-reactive ketones (excluding diaryl/α,β-unsaturated/α-hetero) is 1. The molecule has 0 spiro atoms. The molecule has 0 aliphatic heterocycles. The SMILES string of the molecule is CC(=O)c1cccc(OCCCC(=O)Nc2ccc(CC(=O)O)cc2)c1. The van der Waals surface area contributed by atoms with Gasteiger partial charge in [0.1, 0.15) is 5.75 Å². The molecule has 6 heteroatoms. The summed E-state index contributed by atoms with van der Waals surface area (Å²) in [6.45, 7) is 1.87. The van der Waals surface area contributed by atoms with Crippen molar-refractivity contribution in [3.63, 3.8) is 0 Å². The van der Waals surface area contributed by atoms with E-state index in [-0.39, 0.29) is 18.1 Å². The van der Waals surface area contributed by atoms with Crippen LogP contribution in [0.1, 0.15) is 35.7 Å². The van der Waals surface area contributed by atoms with Crippen LogP contribution in [0, 0.1) is 0 Å². The molecule has 0 saturated heterocycles. The lowest BCUT2D eigenvalue weighted by molar-refractivity contribution is -0.136. The molecule has 2 aromatic rings. The number of rotatable bonds is 9. The van der Waals surface area contributed by atoms with E-state index >= 15 is 0 Å². The molecule has 0 aliphatic rings. The van der Waals surface area contributed by atoms with E-state index in [1.807, 2.05) is 0 Å². The first-order valence-electron chi connectivity index (χ1n) is 8.28. The number of amides is 1. The van der Waals surface area contributed by atoms with Gasteiger partial charge in [0.25, 0.3) is 0 Å². The molecule has 2 aromatic carbocycles. The number of carboxylic acids is 1. The number of carbonyl (C=O) groups is 3. The van der Waals surface area contributed by atoms with Gasteiger partial charge in [0, 0.05) is 17.7 Å². The van der Waals surface area contributed by atoms with Crippen LogP contribution in [-0.4, -0.2) is 29.4 Å². The summed E-state index contributed by atoms with van der Waals surface area (Å²) >= 11 is 0. The molecule has 136 valence electrons. The Balaban J connectivity index is 1.72. The molecule has 2 N–H and O–H groups in total. The number of hydrogen-bond acceptors (Lipinski definition) is 4. The van der Waals surface area contributed by atoms with Crippen molar-refractivity contribution in [1.82, 2.24) is 0 Å².